The maximum atomic E-state index is 9.95. The Morgan fingerprint density at radius 2 is 1.88 bits per heavy atom. The number of allylic oxidation sites excluding steroid dienone is 1. The van der Waals surface area contributed by atoms with Gasteiger partial charge >= 0.3 is 0 Å². The highest BCUT2D eigenvalue weighted by molar-refractivity contribution is 5.85. The van der Waals surface area contributed by atoms with Gasteiger partial charge in [-0.3, -0.25) is 0 Å². The van der Waals surface area contributed by atoms with E-state index >= 15 is 0 Å². The van der Waals surface area contributed by atoms with Crippen molar-refractivity contribution in [2.45, 2.75) is 57.0 Å². The van der Waals surface area contributed by atoms with Gasteiger partial charge in [-0.15, -0.1) is 0 Å². The van der Waals surface area contributed by atoms with E-state index in [0.29, 0.717) is 13.2 Å². The van der Waals surface area contributed by atoms with Crippen LogP contribution in [0.5, 0.6) is 11.5 Å². The highest BCUT2D eigenvalue weighted by atomic mass is 16.5. The first-order chi connectivity index (χ1) is 15.5. The minimum atomic E-state index is -0.227. The Hall–Kier alpha value is -2.96. The van der Waals surface area contributed by atoms with Crippen LogP contribution in [0.15, 0.2) is 54.7 Å². The predicted octanol–water partition coefficient (Wildman–Crippen LogP) is 4.98. The number of hydrogen-bond acceptors (Lipinski definition) is 5. The molecular weight excluding hydrogens is 414 g/mol. The normalized spacial score (nSPS) is 16.0. The molecule has 176 valence electrons. The number of rotatable bonds is 8. The first-order valence-corrected chi connectivity index (χ1v) is 11.4. The van der Waals surface area contributed by atoms with Crippen molar-refractivity contribution >= 4 is 16.6 Å². The molecule has 1 fully saturated rings. The van der Waals surface area contributed by atoms with Gasteiger partial charge in [0.25, 0.3) is 0 Å². The molecule has 6 heteroatoms. The van der Waals surface area contributed by atoms with Gasteiger partial charge in [0.15, 0.2) is 11.5 Å². The number of nitrogens with zero attached hydrogens (tertiary/aromatic N) is 1. The summed E-state index contributed by atoms with van der Waals surface area (Å²) < 4.78 is 7.56. The van der Waals surface area contributed by atoms with Crippen molar-refractivity contribution in [3.05, 3.63) is 66.0 Å². The van der Waals surface area contributed by atoms with E-state index in [1.807, 2.05) is 6.07 Å². The fourth-order valence-electron chi connectivity index (χ4n) is 4.67. The zero-order chi connectivity index (χ0) is 24.0. The van der Waals surface area contributed by atoms with E-state index in [0.717, 1.165) is 40.7 Å². The molecule has 1 aromatic heterocycles. The van der Waals surface area contributed by atoms with Crippen LogP contribution >= 0.6 is 0 Å². The highest BCUT2D eigenvalue weighted by Crippen LogP contribution is 2.54. The third-order valence-electron chi connectivity index (χ3n) is 6.62. The summed E-state index contributed by atoms with van der Waals surface area (Å²) in [7, 11) is 1.68. The number of nitrogens with one attached hydrogen (secondary N) is 1. The van der Waals surface area contributed by atoms with E-state index in [2.05, 4.69) is 61.5 Å². The number of aromatic nitrogens is 1. The van der Waals surface area contributed by atoms with E-state index in [4.69, 9.17) is 10.5 Å². The first-order valence-electron chi connectivity index (χ1n) is 11.4. The van der Waals surface area contributed by atoms with E-state index in [1.165, 1.54) is 11.8 Å². The second kappa shape index (κ2) is 8.43. The van der Waals surface area contributed by atoms with E-state index in [9.17, 15) is 10.2 Å². The Morgan fingerprint density at radius 1 is 1.15 bits per heavy atom. The molecule has 0 amide bonds. The van der Waals surface area contributed by atoms with Gasteiger partial charge in [-0.2, -0.15) is 0 Å². The molecule has 1 atom stereocenters. The van der Waals surface area contributed by atoms with Crippen molar-refractivity contribution in [3.63, 3.8) is 0 Å². The lowest BCUT2D eigenvalue weighted by atomic mass is 9.92. The van der Waals surface area contributed by atoms with Crippen LogP contribution in [-0.2, 0) is 22.1 Å². The number of aromatic hydroxyl groups is 2. The van der Waals surface area contributed by atoms with Gasteiger partial charge in [0.2, 0.25) is 0 Å². The number of ether oxygens (including phenoxy) is 1. The summed E-state index contributed by atoms with van der Waals surface area (Å²) in [4.78, 5) is 0. The molecule has 33 heavy (non-hydrogen) atoms. The number of phenolic OH excluding ortho intramolecular Hbond substituents is 2. The average Bonchev–Trinajstić information content (AvgIpc) is 3.47. The predicted molar refractivity (Wildman–Crippen MR) is 134 cm³/mol. The quantitative estimate of drug-likeness (QED) is 0.364. The van der Waals surface area contributed by atoms with Crippen molar-refractivity contribution < 1.29 is 14.9 Å². The van der Waals surface area contributed by atoms with Gasteiger partial charge in [0, 0.05) is 58.5 Å². The molecule has 0 unspecified atom stereocenters. The van der Waals surface area contributed by atoms with E-state index < -0.39 is 0 Å². The number of anilines is 1. The molecule has 1 saturated carbocycles. The summed E-state index contributed by atoms with van der Waals surface area (Å²) in [6, 6.07) is 13.5. The van der Waals surface area contributed by atoms with E-state index in [1.54, 1.807) is 13.2 Å². The number of fused-ring (bicyclic) bond motifs is 1. The van der Waals surface area contributed by atoms with Crippen LogP contribution < -0.4 is 11.1 Å². The van der Waals surface area contributed by atoms with Crippen molar-refractivity contribution in [2.24, 2.45) is 5.73 Å². The molecule has 4 rings (SSSR count). The zero-order valence-corrected chi connectivity index (χ0v) is 20.0. The lowest BCUT2D eigenvalue weighted by molar-refractivity contribution is 0.173. The zero-order valence-electron chi connectivity index (χ0n) is 20.0. The van der Waals surface area contributed by atoms with Crippen LogP contribution in [0.25, 0.3) is 10.9 Å². The Balaban J connectivity index is 1.63. The molecule has 1 heterocycles. The molecular formula is C27H35N3O3. The van der Waals surface area contributed by atoms with Crippen LogP contribution in [-0.4, -0.2) is 34.5 Å². The molecule has 1 aliphatic carbocycles. The van der Waals surface area contributed by atoms with Gasteiger partial charge in [0.1, 0.15) is 0 Å². The number of hydrogen-bond donors (Lipinski definition) is 4. The summed E-state index contributed by atoms with van der Waals surface area (Å²) in [5, 5.41) is 24.3. The summed E-state index contributed by atoms with van der Waals surface area (Å²) in [5.74, 6) is -0.210. The van der Waals surface area contributed by atoms with Gasteiger partial charge in [0.05, 0.1) is 6.61 Å². The SMILES string of the molecule is C=C(Nc1ccc2c(c1)cc(C(C)(C)C)n2C[C@@H](N)COC)C1(c2ccc(O)c(O)c2)CC1. The van der Waals surface area contributed by atoms with Crippen molar-refractivity contribution in [1.82, 2.24) is 4.57 Å². The lowest BCUT2D eigenvalue weighted by Gasteiger charge is -2.24. The van der Waals surface area contributed by atoms with Gasteiger partial charge < -0.3 is 30.6 Å². The maximum absolute atomic E-state index is 9.95. The highest BCUT2D eigenvalue weighted by Gasteiger charge is 2.47. The van der Waals surface area contributed by atoms with Gasteiger partial charge in [-0.1, -0.05) is 33.4 Å². The van der Waals surface area contributed by atoms with Crippen LogP contribution in [0.2, 0.25) is 0 Å². The molecule has 0 radical (unpaired) electrons. The van der Waals surface area contributed by atoms with E-state index in [-0.39, 0.29) is 28.4 Å². The molecule has 5 N–H and O–H groups in total. The maximum Gasteiger partial charge on any atom is 0.157 e. The Morgan fingerprint density at radius 3 is 2.48 bits per heavy atom. The molecule has 3 aromatic rings. The number of nitrogens with two attached hydrogens (primary N) is 1. The van der Waals surface area contributed by atoms with Crippen molar-refractivity contribution in [2.75, 3.05) is 19.0 Å². The monoisotopic (exact) mass is 449 g/mol. The lowest BCUT2D eigenvalue weighted by Crippen LogP contribution is -2.32. The van der Waals surface area contributed by atoms with Gasteiger partial charge in [-0.25, -0.2) is 0 Å². The number of phenols is 2. The third kappa shape index (κ3) is 4.45. The number of benzene rings is 2. The minimum absolute atomic E-state index is 0.0259. The summed E-state index contributed by atoms with van der Waals surface area (Å²) in [6.45, 7) is 12.2. The molecule has 6 nitrogen and oxygen atoms in total. The Kier molecular flexibility index (Phi) is 5.93. The second-order valence-electron chi connectivity index (χ2n) is 10.3. The molecule has 0 saturated heterocycles. The Labute approximate surface area is 195 Å². The third-order valence-corrected chi connectivity index (χ3v) is 6.62. The minimum Gasteiger partial charge on any atom is -0.504 e. The largest absolute Gasteiger partial charge is 0.504 e. The second-order valence-corrected chi connectivity index (χ2v) is 10.3. The van der Waals surface area contributed by atoms with Crippen molar-refractivity contribution in [3.8, 4) is 11.5 Å². The van der Waals surface area contributed by atoms with Crippen LogP contribution in [0.4, 0.5) is 5.69 Å². The molecule has 0 bridgehead atoms. The molecule has 2 aromatic carbocycles. The van der Waals surface area contributed by atoms with Crippen molar-refractivity contribution in [1.29, 1.82) is 0 Å². The first kappa shape index (κ1) is 23.2. The molecule has 0 spiro atoms. The van der Waals surface area contributed by atoms with Gasteiger partial charge in [-0.05, 0) is 54.8 Å². The average molecular weight is 450 g/mol. The standard InChI is InChI=1S/C27H35N3O3/c1-17(27(10-11-27)19-6-9-23(31)24(32)14-19)29-21-7-8-22-18(12-21)13-25(26(2,3)4)30(22)15-20(28)16-33-5/h6-9,12-14,20,29,31-32H,1,10-11,15-16,28H2,2-5H3/t20-/m1/s1. The summed E-state index contributed by atoms with van der Waals surface area (Å²) in [6.07, 6.45) is 1.90. The topological polar surface area (TPSA) is 92.7 Å². The van der Waals surface area contributed by atoms with Crippen LogP contribution in [0.1, 0.15) is 44.9 Å². The fraction of sp³-hybridized carbons (Fsp3) is 0.407. The van der Waals surface area contributed by atoms with Crippen LogP contribution in [0.3, 0.4) is 0 Å². The smallest absolute Gasteiger partial charge is 0.157 e. The Bertz CT molecular complexity index is 1190. The molecule has 1 aliphatic rings. The van der Waals surface area contributed by atoms with Crippen LogP contribution in [0, 0.1) is 0 Å². The summed E-state index contributed by atoms with van der Waals surface area (Å²) >= 11 is 0. The summed E-state index contributed by atoms with van der Waals surface area (Å²) in [5.41, 5.74) is 11.3. The number of methoxy groups -OCH3 is 1. The molecule has 0 aliphatic heterocycles. The fourth-order valence-corrected chi connectivity index (χ4v) is 4.67.